The van der Waals surface area contributed by atoms with Gasteiger partial charge in [0.15, 0.2) is 11.0 Å². The number of benzene rings is 1. The van der Waals surface area contributed by atoms with Gasteiger partial charge < -0.3 is 15.1 Å². The Morgan fingerprint density at radius 2 is 1.66 bits per heavy atom. The molecule has 198 valence electrons. The second-order valence-electron chi connectivity index (χ2n) is 9.98. The first-order valence-corrected chi connectivity index (χ1v) is 14.0. The third kappa shape index (κ3) is 6.36. The molecular formula is C26H31FN10S. The van der Waals surface area contributed by atoms with E-state index in [2.05, 4.69) is 42.6 Å². The molecule has 6 rings (SSSR count). The fraction of sp³-hybridized carbons (Fsp3) is 0.462. The van der Waals surface area contributed by atoms with Crippen LogP contribution < -0.4 is 10.2 Å². The summed E-state index contributed by atoms with van der Waals surface area (Å²) in [6, 6.07) is 8.17. The maximum atomic E-state index is 13.3. The van der Waals surface area contributed by atoms with E-state index in [1.807, 2.05) is 6.07 Å². The number of aromatic amines is 1. The van der Waals surface area contributed by atoms with Gasteiger partial charge in [-0.25, -0.2) is 4.39 Å². The lowest BCUT2D eigenvalue weighted by Gasteiger charge is -2.32. The molecule has 2 aromatic heterocycles. The smallest absolute Gasteiger partial charge is 0.234 e. The molecular weight excluding hydrogens is 503 g/mol. The molecule has 3 aromatic rings. The summed E-state index contributed by atoms with van der Waals surface area (Å²) in [7, 11) is 2.13. The van der Waals surface area contributed by atoms with Crippen LogP contribution in [0.2, 0.25) is 0 Å². The van der Waals surface area contributed by atoms with E-state index in [0.717, 1.165) is 76.0 Å². The predicted octanol–water partition coefficient (Wildman–Crippen LogP) is 4.52. The van der Waals surface area contributed by atoms with Crippen molar-refractivity contribution in [2.75, 3.05) is 43.4 Å². The zero-order valence-corrected chi connectivity index (χ0v) is 22.2. The molecule has 38 heavy (non-hydrogen) atoms. The van der Waals surface area contributed by atoms with Crippen LogP contribution in [0.4, 0.5) is 22.1 Å². The molecule has 0 radical (unpaired) electrons. The highest BCUT2D eigenvalue weighted by Gasteiger charge is 2.23. The van der Waals surface area contributed by atoms with E-state index in [1.54, 1.807) is 23.9 Å². The first-order chi connectivity index (χ1) is 18.6. The molecule has 1 aromatic carbocycles. The number of anilines is 3. The molecule has 0 unspecified atom stereocenters. The number of hydrogen-bond acceptors (Lipinski definition) is 10. The molecule has 3 heterocycles. The van der Waals surface area contributed by atoms with Crippen molar-refractivity contribution >= 4 is 40.9 Å². The topological polar surface area (TPSA) is 111 Å². The molecule has 0 atom stereocenters. The van der Waals surface area contributed by atoms with Crippen molar-refractivity contribution in [2.45, 2.75) is 48.9 Å². The molecule has 2 saturated carbocycles. The van der Waals surface area contributed by atoms with Crippen LogP contribution in [0.25, 0.3) is 11.3 Å². The fourth-order valence-corrected chi connectivity index (χ4v) is 5.51. The molecule has 12 heteroatoms. The van der Waals surface area contributed by atoms with Gasteiger partial charge in [-0.3, -0.25) is 5.10 Å². The third-order valence-corrected chi connectivity index (χ3v) is 8.15. The minimum atomic E-state index is -0.271. The van der Waals surface area contributed by atoms with Crippen LogP contribution in [0.1, 0.15) is 38.5 Å². The average Bonchev–Trinajstić information content (AvgIpc) is 3.65. The molecule has 2 N–H and O–H groups in total. The Bertz CT molecular complexity index is 1310. The number of nitrogens with zero attached hydrogens (tertiary/aromatic N) is 8. The van der Waals surface area contributed by atoms with Gasteiger partial charge in [-0.15, -0.1) is 0 Å². The fourth-order valence-electron chi connectivity index (χ4n) is 4.47. The summed E-state index contributed by atoms with van der Waals surface area (Å²) in [5.41, 5.74) is 4.05. The van der Waals surface area contributed by atoms with Crippen molar-refractivity contribution in [3.8, 4) is 11.3 Å². The van der Waals surface area contributed by atoms with Gasteiger partial charge in [-0.2, -0.15) is 30.3 Å². The summed E-state index contributed by atoms with van der Waals surface area (Å²) in [6.45, 7) is 3.67. The van der Waals surface area contributed by atoms with Gasteiger partial charge in [0, 0.05) is 48.9 Å². The van der Waals surface area contributed by atoms with Gasteiger partial charge in [-0.05, 0) is 75.4 Å². The van der Waals surface area contributed by atoms with Crippen molar-refractivity contribution in [1.29, 1.82) is 0 Å². The van der Waals surface area contributed by atoms with Crippen LogP contribution in [0.15, 0.2) is 45.7 Å². The SMILES string of the molecule is CN1CCN(c2nc(Nc3cc(-c4ccc(F)cc4)[nH]n3)nc(SC3CCC(=NN=C4CC4)CC3)n2)CC1. The number of thioether (sulfide) groups is 1. The second-order valence-corrected chi connectivity index (χ2v) is 11.2. The van der Waals surface area contributed by atoms with E-state index < -0.39 is 0 Å². The lowest BCUT2D eigenvalue weighted by molar-refractivity contribution is 0.311. The van der Waals surface area contributed by atoms with E-state index in [1.165, 1.54) is 23.6 Å². The first kappa shape index (κ1) is 24.9. The van der Waals surface area contributed by atoms with E-state index >= 15 is 0 Å². The van der Waals surface area contributed by atoms with Gasteiger partial charge in [0.25, 0.3) is 0 Å². The van der Waals surface area contributed by atoms with Gasteiger partial charge >= 0.3 is 0 Å². The molecule has 10 nitrogen and oxygen atoms in total. The molecule has 1 saturated heterocycles. The Balaban J connectivity index is 1.18. The zero-order valence-electron chi connectivity index (χ0n) is 21.4. The minimum absolute atomic E-state index is 0.271. The van der Waals surface area contributed by atoms with Crippen LogP contribution in [0.3, 0.4) is 0 Å². The number of H-pyrrole nitrogens is 1. The van der Waals surface area contributed by atoms with Crippen molar-refractivity contribution in [1.82, 2.24) is 30.0 Å². The van der Waals surface area contributed by atoms with E-state index in [-0.39, 0.29) is 5.82 Å². The van der Waals surface area contributed by atoms with Crippen LogP contribution in [-0.2, 0) is 0 Å². The highest BCUT2D eigenvalue weighted by Crippen LogP contribution is 2.33. The van der Waals surface area contributed by atoms with E-state index in [9.17, 15) is 4.39 Å². The Morgan fingerprint density at radius 3 is 2.37 bits per heavy atom. The Morgan fingerprint density at radius 1 is 0.947 bits per heavy atom. The summed E-state index contributed by atoms with van der Waals surface area (Å²) >= 11 is 1.72. The van der Waals surface area contributed by atoms with E-state index in [0.29, 0.717) is 28.1 Å². The standard InChI is InChI=1S/C26H31FN10S/c1-36-12-14-37(15-13-36)25-29-24(28-23-16-22(34-35-23)17-2-4-18(27)5-3-17)30-26(31-25)38-21-10-8-20(9-11-21)33-32-19-6-7-19/h2-5,16,21H,6-15H2,1H3,(H2,28,29,30,31,34,35). The number of hydrogen-bond donors (Lipinski definition) is 2. The summed E-state index contributed by atoms with van der Waals surface area (Å²) in [5.74, 6) is 1.47. The first-order valence-electron chi connectivity index (χ1n) is 13.1. The Hall–Kier alpha value is -3.38. The van der Waals surface area contributed by atoms with Crippen molar-refractivity contribution < 1.29 is 4.39 Å². The number of nitrogens with one attached hydrogen (secondary N) is 2. The maximum absolute atomic E-state index is 13.3. The van der Waals surface area contributed by atoms with Crippen molar-refractivity contribution in [3.63, 3.8) is 0 Å². The Kier molecular flexibility index (Phi) is 7.32. The molecule has 0 spiro atoms. The van der Waals surface area contributed by atoms with Gasteiger partial charge in [0.05, 0.1) is 5.69 Å². The summed E-state index contributed by atoms with van der Waals surface area (Å²) < 4.78 is 13.3. The number of rotatable bonds is 7. The van der Waals surface area contributed by atoms with Crippen molar-refractivity contribution in [2.24, 2.45) is 10.2 Å². The molecule has 1 aliphatic heterocycles. The largest absolute Gasteiger partial charge is 0.338 e. The number of halogens is 1. The van der Waals surface area contributed by atoms with Gasteiger partial charge in [0.2, 0.25) is 11.9 Å². The van der Waals surface area contributed by atoms with Crippen molar-refractivity contribution in [3.05, 3.63) is 36.1 Å². The predicted molar refractivity (Wildman–Crippen MR) is 149 cm³/mol. The minimum Gasteiger partial charge on any atom is -0.338 e. The lowest BCUT2D eigenvalue weighted by atomic mass is 9.98. The van der Waals surface area contributed by atoms with Gasteiger partial charge in [0.1, 0.15) is 5.82 Å². The molecule has 0 bridgehead atoms. The lowest BCUT2D eigenvalue weighted by Crippen LogP contribution is -2.45. The van der Waals surface area contributed by atoms with Crippen LogP contribution in [-0.4, -0.2) is 79.9 Å². The zero-order chi connectivity index (χ0) is 25.9. The van der Waals surface area contributed by atoms with Crippen LogP contribution in [0.5, 0.6) is 0 Å². The highest BCUT2D eigenvalue weighted by atomic mass is 32.2. The molecule has 0 amide bonds. The van der Waals surface area contributed by atoms with Crippen LogP contribution >= 0.6 is 11.8 Å². The number of piperazine rings is 1. The summed E-state index contributed by atoms with van der Waals surface area (Å²) in [5, 5.41) is 20.6. The summed E-state index contributed by atoms with van der Waals surface area (Å²) in [4.78, 5) is 18.9. The molecule has 3 fully saturated rings. The monoisotopic (exact) mass is 534 g/mol. The number of aromatic nitrogens is 5. The Labute approximate surface area is 225 Å². The molecule has 3 aliphatic rings. The molecule has 2 aliphatic carbocycles. The van der Waals surface area contributed by atoms with Gasteiger partial charge in [-0.1, -0.05) is 11.8 Å². The van der Waals surface area contributed by atoms with Crippen LogP contribution in [0, 0.1) is 5.82 Å². The number of likely N-dealkylation sites (N-methyl/N-ethyl adjacent to an activating group) is 1. The second kappa shape index (κ2) is 11.2. The normalized spacial score (nSPS) is 19.9. The quantitative estimate of drug-likeness (QED) is 0.426. The van der Waals surface area contributed by atoms with E-state index in [4.69, 9.17) is 15.0 Å². The average molecular weight is 535 g/mol. The summed E-state index contributed by atoms with van der Waals surface area (Å²) in [6.07, 6.45) is 6.21. The highest BCUT2D eigenvalue weighted by molar-refractivity contribution is 7.99. The maximum Gasteiger partial charge on any atom is 0.234 e. The third-order valence-electron chi connectivity index (χ3n) is 6.95.